The van der Waals surface area contributed by atoms with Crippen LogP contribution in [0.5, 0.6) is 0 Å². The molecule has 1 N–H and O–H groups in total. The Morgan fingerprint density at radius 1 is 1.23 bits per heavy atom. The average Bonchev–Trinajstić information content (AvgIpc) is 3.14. The van der Waals surface area contributed by atoms with Gasteiger partial charge in [-0.2, -0.15) is 0 Å². The molecular formula is C20H29ClFN5O3. The second-order valence-electron chi connectivity index (χ2n) is 8.66. The maximum atomic E-state index is 12.7. The van der Waals surface area contributed by atoms with Crippen molar-refractivity contribution in [2.75, 3.05) is 50.8 Å². The fourth-order valence-electron chi connectivity index (χ4n) is 3.51. The van der Waals surface area contributed by atoms with E-state index in [1.165, 1.54) is 0 Å². The summed E-state index contributed by atoms with van der Waals surface area (Å²) in [7, 11) is 0. The molecule has 2 fully saturated rings. The maximum absolute atomic E-state index is 12.7. The van der Waals surface area contributed by atoms with E-state index in [-0.39, 0.29) is 35.4 Å². The minimum Gasteiger partial charge on any atom is -0.444 e. The predicted molar refractivity (Wildman–Crippen MR) is 112 cm³/mol. The minimum absolute atomic E-state index is 0.0384. The Morgan fingerprint density at radius 2 is 1.93 bits per heavy atom. The molecule has 0 aliphatic carbocycles. The zero-order chi connectivity index (χ0) is 21.9. The summed E-state index contributed by atoms with van der Waals surface area (Å²) in [6, 6.07) is 3.39. The van der Waals surface area contributed by atoms with E-state index in [2.05, 4.69) is 10.4 Å². The van der Waals surface area contributed by atoms with E-state index in [1.807, 2.05) is 25.7 Å². The van der Waals surface area contributed by atoms with Crippen LogP contribution in [0.3, 0.4) is 0 Å². The maximum Gasteiger partial charge on any atom is 0.410 e. The van der Waals surface area contributed by atoms with Gasteiger partial charge in [0.15, 0.2) is 5.15 Å². The van der Waals surface area contributed by atoms with Crippen molar-refractivity contribution in [3.05, 3.63) is 23.0 Å². The number of halogens is 2. The van der Waals surface area contributed by atoms with E-state index in [9.17, 15) is 14.0 Å². The van der Waals surface area contributed by atoms with Gasteiger partial charge in [-0.05, 0) is 39.3 Å². The number of ether oxygens (including phenoxy) is 1. The highest BCUT2D eigenvalue weighted by Crippen LogP contribution is 2.26. The first-order valence-corrected chi connectivity index (χ1v) is 10.6. The largest absolute Gasteiger partial charge is 0.444 e. The van der Waals surface area contributed by atoms with Crippen molar-refractivity contribution >= 4 is 29.3 Å². The number of hydrogen-bond donors (Lipinski definition) is 1. The Hall–Kier alpha value is -2.13. The van der Waals surface area contributed by atoms with Crippen molar-refractivity contribution in [2.24, 2.45) is 5.92 Å². The molecule has 166 valence electrons. The van der Waals surface area contributed by atoms with Gasteiger partial charge in [-0.25, -0.2) is 14.8 Å². The third-order valence-corrected chi connectivity index (χ3v) is 5.38. The minimum atomic E-state index is -0.528. The number of carbonyl (C=O) groups is 2. The summed E-state index contributed by atoms with van der Waals surface area (Å²) in [6.07, 6.45) is 0.398. The summed E-state index contributed by atoms with van der Waals surface area (Å²) in [5.41, 5.74) is 3.16. The molecule has 2 aliphatic heterocycles. The van der Waals surface area contributed by atoms with Crippen LogP contribution in [-0.2, 0) is 4.74 Å². The number of hydrazine groups is 1. The molecule has 1 unspecified atom stereocenters. The topological polar surface area (TPSA) is 78.0 Å². The quantitative estimate of drug-likeness (QED) is 0.724. The molecular weight excluding hydrogens is 413 g/mol. The van der Waals surface area contributed by atoms with Crippen LogP contribution in [0.15, 0.2) is 12.1 Å². The lowest BCUT2D eigenvalue weighted by Gasteiger charge is -2.36. The van der Waals surface area contributed by atoms with Gasteiger partial charge in [0, 0.05) is 45.2 Å². The number of rotatable bonds is 4. The predicted octanol–water partition coefficient (Wildman–Crippen LogP) is 2.73. The van der Waals surface area contributed by atoms with Crippen molar-refractivity contribution in [1.82, 2.24) is 20.3 Å². The highest BCUT2D eigenvalue weighted by Gasteiger charge is 2.28. The van der Waals surface area contributed by atoms with Crippen LogP contribution in [0.25, 0.3) is 0 Å². The Morgan fingerprint density at radius 3 is 2.50 bits per heavy atom. The molecule has 2 amide bonds. The number of alkyl halides is 1. The normalized spacial score (nSPS) is 20.4. The molecule has 0 spiro atoms. The molecule has 3 heterocycles. The van der Waals surface area contributed by atoms with Crippen molar-refractivity contribution in [3.8, 4) is 0 Å². The summed E-state index contributed by atoms with van der Waals surface area (Å²) in [4.78, 5) is 32.6. The van der Waals surface area contributed by atoms with Crippen LogP contribution in [0.2, 0.25) is 5.15 Å². The van der Waals surface area contributed by atoms with Crippen LogP contribution >= 0.6 is 11.6 Å². The van der Waals surface area contributed by atoms with Gasteiger partial charge in [-0.1, -0.05) is 11.6 Å². The highest BCUT2D eigenvalue weighted by atomic mass is 35.5. The fourth-order valence-corrected chi connectivity index (χ4v) is 3.78. The zero-order valence-electron chi connectivity index (χ0n) is 17.7. The van der Waals surface area contributed by atoms with Gasteiger partial charge in [0.1, 0.15) is 11.3 Å². The van der Waals surface area contributed by atoms with Gasteiger partial charge in [0.25, 0.3) is 5.91 Å². The number of amides is 2. The number of nitrogens with one attached hydrogen (secondary N) is 1. The van der Waals surface area contributed by atoms with Crippen LogP contribution in [0.4, 0.5) is 14.9 Å². The summed E-state index contributed by atoms with van der Waals surface area (Å²) < 4.78 is 18.2. The molecule has 1 atom stereocenters. The molecule has 2 saturated heterocycles. The van der Waals surface area contributed by atoms with Crippen molar-refractivity contribution < 1.29 is 18.7 Å². The van der Waals surface area contributed by atoms with E-state index >= 15 is 0 Å². The number of carbonyl (C=O) groups excluding carboxylic acids is 2. The summed E-state index contributed by atoms with van der Waals surface area (Å²) in [5, 5.41) is 1.95. The van der Waals surface area contributed by atoms with E-state index in [4.69, 9.17) is 16.3 Å². The lowest BCUT2D eigenvalue weighted by molar-refractivity contribution is 0.0240. The third-order valence-electron chi connectivity index (χ3n) is 5.10. The Bertz CT molecular complexity index is 780. The zero-order valence-corrected chi connectivity index (χ0v) is 18.4. The van der Waals surface area contributed by atoms with Gasteiger partial charge in [0.2, 0.25) is 0 Å². The molecule has 2 aliphatic rings. The standard InChI is InChI=1S/C20H29ClFN5O3/c1-20(2,3)30-19(29)26-10-8-25(9-11-26)16-5-4-15(23-17(16)21)18(28)24-27-7-6-14(12-22)13-27/h4-5,14H,6-13H2,1-3H3,(H,24,28). The van der Waals surface area contributed by atoms with Crippen molar-refractivity contribution in [1.29, 1.82) is 0 Å². The first-order chi connectivity index (χ1) is 14.2. The second-order valence-corrected chi connectivity index (χ2v) is 9.01. The van der Waals surface area contributed by atoms with Crippen LogP contribution in [0, 0.1) is 5.92 Å². The van der Waals surface area contributed by atoms with Crippen molar-refractivity contribution in [2.45, 2.75) is 32.8 Å². The molecule has 8 nitrogen and oxygen atoms in total. The summed E-state index contributed by atoms with van der Waals surface area (Å²) in [5.74, 6) is -0.402. The molecule has 30 heavy (non-hydrogen) atoms. The molecule has 0 radical (unpaired) electrons. The molecule has 0 saturated carbocycles. The number of nitrogens with zero attached hydrogens (tertiary/aromatic N) is 4. The van der Waals surface area contributed by atoms with Crippen molar-refractivity contribution in [3.63, 3.8) is 0 Å². The van der Waals surface area contributed by atoms with Crippen LogP contribution < -0.4 is 10.3 Å². The SMILES string of the molecule is CC(C)(C)OC(=O)N1CCN(c2ccc(C(=O)NN3CCC(CF)C3)nc2Cl)CC1. The molecule has 3 rings (SSSR count). The van der Waals surface area contributed by atoms with Crippen LogP contribution in [0.1, 0.15) is 37.7 Å². The van der Waals surface area contributed by atoms with Gasteiger partial charge in [-0.3, -0.25) is 14.6 Å². The second kappa shape index (κ2) is 9.34. The molecule has 10 heteroatoms. The molecule has 0 bridgehead atoms. The van der Waals surface area contributed by atoms with Gasteiger partial charge >= 0.3 is 6.09 Å². The number of pyridine rings is 1. The smallest absolute Gasteiger partial charge is 0.410 e. The lowest BCUT2D eigenvalue weighted by atomic mass is 10.1. The number of piperazine rings is 1. The van der Waals surface area contributed by atoms with Gasteiger partial charge in [0.05, 0.1) is 12.4 Å². The number of anilines is 1. The third kappa shape index (κ3) is 5.72. The molecule has 0 aromatic carbocycles. The Balaban J connectivity index is 1.56. The highest BCUT2D eigenvalue weighted by molar-refractivity contribution is 6.32. The van der Waals surface area contributed by atoms with Gasteiger partial charge < -0.3 is 14.5 Å². The number of aromatic nitrogens is 1. The fraction of sp³-hybridized carbons (Fsp3) is 0.650. The van der Waals surface area contributed by atoms with Gasteiger partial charge in [-0.15, -0.1) is 0 Å². The summed E-state index contributed by atoms with van der Waals surface area (Å²) in [6.45, 7) is 8.45. The average molecular weight is 442 g/mol. The van der Waals surface area contributed by atoms with Crippen LogP contribution in [-0.4, -0.2) is 78.4 Å². The molecule has 1 aromatic heterocycles. The van der Waals surface area contributed by atoms with E-state index in [1.54, 1.807) is 22.0 Å². The lowest BCUT2D eigenvalue weighted by Crippen LogP contribution is -2.50. The molecule has 1 aromatic rings. The van der Waals surface area contributed by atoms with E-state index in [0.29, 0.717) is 39.3 Å². The Kier molecular flexibility index (Phi) is 7.02. The Labute approximate surface area is 181 Å². The van der Waals surface area contributed by atoms with E-state index < -0.39 is 5.60 Å². The monoisotopic (exact) mass is 441 g/mol. The van der Waals surface area contributed by atoms with E-state index in [0.717, 1.165) is 12.1 Å². The first kappa shape index (κ1) is 22.6. The summed E-state index contributed by atoms with van der Waals surface area (Å²) >= 11 is 6.35. The first-order valence-electron chi connectivity index (χ1n) is 10.2. The number of hydrogen-bond acceptors (Lipinski definition) is 6.